The molecule has 2 nitrogen and oxygen atoms in total. The molecule has 2 aromatic rings. The second-order valence-corrected chi connectivity index (χ2v) is 9.16. The molecule has 30 heavy (non-hydrogen) atoms. The molecule has 0 aromatic heterocycles. The van der Waals surface area contributed by atoms with Gasteiger partial charge in [-0.2, -0.15) is 8.78 Å². The van der Waals surface area contributed by atoms with Gasteiger partial charge in [0.25, 0.3) is 0 Å². The van der Waals surface area contributed by atoms with Gasteiger partial charge in [0.1, 0.15) is 11.5 Å². The predicted molar refractivity (Wildman–Crippen MR) is 106 cm³/mol. The summed E-state index contributed by atoms with van der Waals surface area (Å²) in [4.78, 5) is 0. The Morgan fingerprint density at radius 3 is 1.83 bits per heavy atom. The Morgan fingerprint density at radius 1 is 0.700 bits per heavy atom. The molecule has 0 heterocycles. The number of ether oxygens (including phenoxy) is 2. The Morgan fingerprint density at radius 2 is 1.30 bits per heavy atom. The third-order valence-corrected chi connectivity index (χ3v) is 4.62. The van der Waals surface area contributed by atoms with Crippen LogP contribution in [-0.4, -0.2) is 12.5 Å². The largest absolute Gasteiger partial charge is 0.573 e. The lowest BCUT2D eigenvalue weighted by Crippen LogP contribution is -2.23. The maximum atomic E-state index is 13.2. The summed E-state index contributed by atoms with van der Waals surface area (Å²) < 4.78 is 73.6. The molecule has 0 amide bonds. The molecule has 0 N–H and O–H groups in total. The van der Waals surface area contributed by atoms with Crippen LogP contribution in [0, 0.1) is 0 Å². The zero-order valence-electron chi connectivity index (χ0n) is 18.0. The van der Waals surface area contributed by atoms with Crippen LogP contribution >= 0.6 is 0 Å². The standard InChI is InChI=1S/C23H27F5O2/c1-20(2,3)17-10-15(11-19(13-17)30-23(26,27)28)14-21(4,5)16-8-7-9-18(12-16)29-22(6,24)25/h7-13H,14H2,1-6H3. The lowest BCUT2D eigenvalue weighted by Gasteiger charge is -2.28. The maximum Gasteiger partial charge on any atom is 0.573 e. The Hall–Kier alpha value is -2.31. The third-order valence-electron chi connectivity index (χ3n) is 4.62. The van der Waals surface area contributed by atoms with Crippen molar-refractivity contribution in [3.8, 4) is 11.5 Å². The number of rotatable bonds is 6. The number of hydrogen-bond donors (Lipinski definition) is 0. The fourth-order valence-electron chi connectivity index (χ4n) is 3.19. The van der Waals surface area contributed by atoms with Crippen molar-refractivity contribution in [2.45, 2.75) is 71.3 Å². The van der Waals surface area contributed by atoms with E-state index in [1.165, 1.54) is 24.3 Å². The second-order valence-electron chi connectivity index (χ2n) is 9.16. The molecule has 2 aromatic carbocycles. The van der Waals surface area contributed by atoms with Crippen molar-refractivity contribution in [2.24, 2.45) is 0 Å². The molecule has 2 rings (SSSR count). The van der Waals surface area contributed by atoms with Gasteiger partial charge in [-0.05, 0) is 58.2 Å². The molecule has 0 aliphatic carbocycles. The van der Waals surface area contributed by atoms with Crippen molar-refractivity contribution >= 4 is 0 Å². The molecular weight excluding hydrogens is 403 g/mol. The Kier molecular flexibility index (Phi) is 6.45. The van der Waals surface area contributed by atoms with Crippen LogP contribution in [0.5, 0.6) is 11.5 Å². The molecule has 0 spiro atoms. The van der Waals surface area contributed by atoms with Crippen molar-refractivity contribution < 1.29 is 31.4 Å². The van der Waals surface area contributed by atoms with Crippen LogP contribution in [0.4, 0.5) is 22.0 Å². The van der Waals surface area contributed by atoms with Crippen LogP contribution in [0.1, 0.15) is 58.2 Å². The molecule has 0 bridgehead atoms. The lowest BCUT2D eigenvalue weighted by atomic mass is 9.77. The van der Waals surface area contributed by atoms with E-state index in [0.717, 1.165) is 5.56 Å². The molecule has 0 fully saturated rings. The van der Waals surface area contributed by atoms with Crippen molar-refractivity contribution in [1.29, 1.82) is 0 Å². The lowest BCUT2D eigenvalue weighted by molar-refractivity contribution is -0.274. The van der Waals surface area contributed by atoms with Crippen LogP contribution in [0.25, 0.3) is 0 Å². The van der Waals surface area contributed by atoms with E-state index in [1.807, 2.05) is 40.7 Å². The zero-order valence-corrected chi connectivity index (χ0v) is 18.0. The van der Waals surface area contributed by atoms with Crippen LogP contribution in [-0.2, 0) is 17.3 Å². The SMILES string of the molecule is CC(F)(F)Oc1cccc(C(C)(C)Cc2cc(OC(F)(F)F)cc(C(C)(C)C)c2)c1. The highest BCUT2D eigenvalue weighted by atomic mass is 19.4. The summed E-state index contributed by atoms with van der Waals surface area (Å²) in [6.45, 7) is 10.2. The first-order valence-electron chi connectivity index (χ1n) is 9.52. The summed E-state index contributed by atoms with van der Waals surface area (Å²) in [5, 5.41) is 0. The Bertz CT molecular complexity index is 874. The molecular formula is C23H27F5O2. The molecule has 7 heteroatoms. The summed E-state index contributed by atoms with van der Waals surface area (Å²) >= 11 is 0. The highest BCUT2D eigenvalue weighted by molar-refractivity contribution is 5.41. The van der Waals surface area contributed by atoms with Gasteiger partial charge in [0.2, 0.25) is 0 Å². The minimum absolute atomic E-state index is 0.0256. The minimum Gasteiger partial charge on any atom is -0.433 e. The van der Waals surface area contributed by atoms with E-state index >= 15 is 0 Å². The van der Waals surface area contributed by atoms with Gasteiger partial charge in [-0.1, -0.05) is 52.8 Å². The third kappa shape index (κ3) is 7.18. The quantitative estimate of drug-likeness (QED) is 0.445. The van der Waals surface area contributed by atoms with Crippen molar-refractivity contribution in [2.75, 3.05) is 0 Å². The van der Waals surface area contributed by atoms with E-state index < -0.39 is 17.9 Å². The summed E-state index contributed by atoms with van der Waals surface area (Å²) in [5.41, 5.74) is 1.14. The van der Waals surface area contributed by atoms with E-state index in [9.17, 15) is 22.0 Å². The zero-order chi connectivity index (χ0) is 23.0. The number of hydrogen-bond acceptors (Lipinski definition) is 2. The summed E-state index contributed by atoms with van der Waals surface area (Å²) in [6.07, 6.45) is -7.73. The van der Waals surface area contributed by atoms with Gasteiger partial charge in [-0.3, -0.25) is 0 Å². The van der Waals surface area contributed by atoms with Crippen LogP contribution in [0.15, 0.2) is 42.5 Å². The molecule has 0 aliphatic heterocycles. The van der Waals surface area contributed by atoms with Gasteiger partial charge in [-0.25, -0.2) is 0 Å². The Labute approximate surface area is 174 Å². The first-order valence-corrected chi connectivity index (χ1v) is 9.52. The van der Waals surface area contributed by atoms with Gasteiger partial charge in [0.05, 0.1) is 0 Å². The summed E-state index contributed by atoms with van der Waals surface area (Å²) in [6, 6.07) is 11.0. The smallest absolute Gasteiger partial charge is 0.433 e. The molecule has 0 unspecified atom stereocenters. The van der Waals surface area contributed by atoms with E-state index in [-0.39, 0.29) is 16.9 Å². The maximum absolute atomic E-state index is 13.2. The molecule has 0 radical (unpaired) electrons. The van der Waals surface area contributed by atoms with Gasteiger partial charge in [0, 0.05) is 6.92 Å². The molecule has 0 atom stereocenters. The van der Waals surface area contributed by atoms with Crippen molar-refractivity contribution in [1.82, 2.24) is 0 Å². The fourth-order valence-corrected chi connectivity index (χ4v) is 3.19. The van der Waals surface area contributed by atoms with Crippen molar-refractivity contribution in [3.05, 3.63) is 59.2 Å². The number of alkyl halides is 5. The Balaban J connectivity index is 2.40. The van der Waals surface area contributed by atoms with E-state index in [1.54, 1.807) is 12.1 Å². The molecule has 0 saturated carbocycles. The summed E-state index contributed by atoms with van der Waals surface area (Å²) in [5.74, 6) is -0.249. The topological polar surface area (TPSA) is 18.5 Å². The first-order chi connectivity index (χ1) is 13.4. The first kappa shape index (κ1) is 24.0. The number of benzene rings is 2. The average Bonchev–Trinajstić information content (AvgIpc) is 2.50. The van der Waals surface area contributed by atoms with Crippen LogP contribution in [0.2, 0.25) is 0 Å². The highest BCUT2D eigenvalue weighted by Crippen LogP contribution is 2.35. The van der Waals surface area contributed by atoms with E-state index in [0.29, 0.717) is 24.5 Å². The fraction of sp³-hybridized carbons (Fsp3) is 0.478. The number of halogens is 5. The normalized spacial score (nSPS) is 13.3. The van der Waals surface area contributed by atoms with Crippen molar-refractivity contribution in [3.63, 3.8) is 0 Å². The van der Waals surface area contributed by atoms with Gasteiger partial charge in [0.15, 0.2) is 0 Å². The van der Waals surface area contributed by atoms with Gasteiger partial charge >= 0.3 is 12.5 Å². The second kappa shape index (κ2) is 8.08. The molecule has 166 valence electrons. The predicted octanol–water partition coefficient (Wildman–Crippen LogP) is 7.39. The minimum atomic E-state index is -4.79. The van der Waals surface area contributed by atoms with Crippen LogP contribution in [0.3, 0.4) is 0 Å². The van der Waals surface area contributed by atoms with E-state index in [4.69, 9.17) is 0 Å². The summed E-state index contributed by atoms with van der Waals surface area (Å²) in [7, 11) is 0. The van der Waals surface area contributed by atoms with Gasteiger partial charge < -0.3 is 9.47 Å². The van der Waals surface area contributed by atoms with Gasteiger partial charge in [-0.15, -0.1) is 13.2 Å². The average molecular weight is 430 g/mol. The van der Waals surface area contributed by atoms with Crippen LogP contribution < -0.4 is 9.47 Å². The highest BCUT2D eigenvalue weighted by Gasteiger charge is 2.32. The monoisotopic (exact) mass is 430 g/mol. The van der Waals surface area contributed by atoms with E-state index in [2.05, 4.69) is 9.47 Å². The molecule has 0 aliphatic rings. The molecule has 0 saturated heterocycles.